The molecule has 0 saturated heterocycles. The van der Waals surface area contributed by atoms with Crippen molar-refractivity contribution in [3.05, 3.63) is 0 Å². The van der Waals surface area contributed by atoms with Crippen LogP contribution in [-0.2, 0) is 0 Å². The molecule has 0 heterocycles. The van der Waals surface area contributed by atoms with Crippen LogP contribution in [0.2, 0.25) is 0 Å². The van der Waals surface area contributed by atoms with Crippen LogP contribution in [0, 0.1) is 0 Å². The number of rotatable bonds is 0. The maximum absolute atomic E-state index is 5.01. The normalized spacial score (nSPS) is 10.3. The molecule has 0 aliphatic rings. The van der Waals surface area contributed by atoms with Gasteiger partial charge in [0.2, 0.25) is 0 Å². The van der Waals surface area contributed by atoms with Gasteiger partial charge in [-0.1, -0.05) is 34.8 Å². The van der Waals surface area contributed by atoms with E-state index in [1.165, 1.54) is 0 Å². The van der Waals surface area contributed by atoms with Gasteiger partial charge in [-0.05, 0) is 11.8 Å². The topological polar surface area (TPSA) is 12.0 Å². The summed E-state index contributed by atoms with van der Waals surface area (Å²) in [6, 6.07) is 0. The van der Waals surface area contributed by atoms with Crippen molar-refractivity contribution >= 4 is 70.6 Å². The fraction of sp³-hybridized carbons (Fsp3) is 1.00. The van der Waals surface area contributed by atoms with Crippen molar-refractivity contribution in [2.75, 3.05) is 0 Å². The highest BCUT2D eigenvalue weighted by molar-refractivity contribution is 14.0. The van der Waals surface area contributed by atoms with E-state index in [0.29, 0.717) is 0 Å². The highest BCUT2D eigenvalue weighted by Crippen LogP contribution is 2.21. The first-order valence-corrected chi connectivity index (χ1v) is 2.52. The monoisotopic (exact) mass is 295 g/mol. The zero-order chi connectivity index (χ0) is 5.21. The Balaban J connectivity index is 0. The van der Waals surface area contributed by atoms with Crippen LogP contribution in [0.3, 0.4) is 0 Å². The number of hydrogen-bond acceptors (Lipinski definition) is 1. The molecule has 0 aliphatic carbocycles. The molecule has 6 heteroatoms. The van der Waals surface area contributed by atoms with Crippen molar-refractivity contribution in [1.82, 2.24) is 4.84 Å². The minimum Gasteiger partial charge on any atom is -0.186 e. The van der Waals surface area contributed by atoms with Crippen LogP contribution in [0.4, 0.5) is 0 Å². The lowest BCUT2D eigenvalue weighted by Crippen LogP contribution is -2.16. The van der Waals surface area contributed by atoms with E-state index in [9.17, 15) is 0 Å². The zero-order valence-corrected chi connectivity index (χ0v) is 8.27. The van der Waals surface area contributed by atoms with E-state index in [2.05, 4.69) is 0 Å². The molecule has 0 unspecified atom stereocenters. The van der Waals surface area contributed by atoms with Crippen LogP contribution in [0.25, 0.3) is 0 Å². The lowest BCUT2D eigenvalue weighted by atomic mass is 11.5. The quantitative estimate of drug-likeness (QED) is 0.314. The molecule has 0 radical (unpaired) electrons. The maximum atomic E-state index is 5.01. The summed E-state index contributed by atoms with van der Waals surface area (Å²) < 4.78 is -1.53. The smallest absolute Gasteiger partial charge is 0.186 e. The Morgan fingerprint density at radius 3 is 1.29 bits per heavy atom. The molecule has 46 valence electrons. The molecule has 0 fully saturated rings. The Hall–Kier alpha value is 1.85. The van der Waals surface area contributed by atoms with Crippen molar-refractivity contribution in [2.45, 2.75) is 3.92 Å². The Kier molecular flexibility index (Phi) is 7.81. The van der Waals surface area contributed by atoms with Gasteiger partial charge in [0.05, 0.1) is 0 Å². The van der Waals surface area contributed by atoms with Gasteiger partial charge < -0.3 is 0 Å². The summed E-state index contributed by atoms with van der Waals surface area (Å²) in [6.07, 6.45) is 0. The van der Waals surface area contributed by atoms with E-state index in [-0.39, 0.29) is 24.0 Å². The van der Waals surface area contributed by atoms with Crippen LogP contribution in [0.1, 0.15) is 0 Å². The van der Waals surface area contributed by atoms with Crippen molar-refractivity contribution in [2.24, 2.45) is 0 Å². The Morgan fingerprint density at radius 2 is 1.29 bits per heavy atom. The van der Waals surface area contributed by atoms with Crippen LogP contribution in [0.5, 0.6) is 0 Å². The highest BCUT2D eigenvalue weighted by atomic mass is 127. The molecule has 0 aliphatic heterocycles. The predicted molar refractivity (Wildman–Crippen MR) is 44.7 cm³/mol. The average molecular weight is 297 g/mol. The van der Waals surface area contributed by atoms with E-state index >= 15 is 0 Å². The van der Waals surface area contributed by atoms with Crippen LogP contribution in [-0.4, -0.2) is 3.92 Å². The summed E-state index contributed by atoms with van der Waals surface area (Å²) in [6.45, 7) is 0. The molecule has 0 aromatic rings. The van der Waals surface area contributed by atoms with Gasteiger partial charge in [-0.25, -0.2) is 0 Å². The highest BCUT2D eigenvalue weighted by Gasteiger charge is 2.15. The summed E-state index contributed by atoms with van der Waals surface area (Å²) in [5.74, 6) is 0. The van der Waals surface area contributed by atoms with Gasteiger partial charge in [0, 0.05) is 0 Å². The van der Waals surface area contributed by atoms with Crippen LogP contribution >= 0.6 is 70.6 Å². The minimum absolute atomic E-state index is 0. The first-order chi connectivity index (χ1) is 2.56. The van der Waals surface area contributed by atoms with E-state index in [1.54, 1.807) is 0 Å². The van der Waals surface area contributed by atoms with Gasteiger partial charge in [-0.3, -0.25) is 0 Å². The summed E-state index contributed by atoms with van der Waals surface area (Å²) in [5, 5.41) is 0. The largest absolute Gasteiger partial charge is 0.258 e. The molecule has 0 bridgehead atoms. The lowest BCUT2D eigenvalue weighted by molar-refractivity contribution is 1.04. The average Bonchev–Trinajstić information content (AvgIpc) is 1.35. The molecule has 0 aromatic heterocycles. The number of nitrogens with one attached hydrogen (secondary N) is 1. The number of hydrogen-bond donors (Lipinski definition) is 1. The molecule has 0 aromatic carbocycles. The summed E-state index contributed by atoms with van der Waals surface area (Å²) in [5.41, 5.74) is 0. The molecule has 0 saturated carbocycles. The second-order valence-electron chi connectivity index (χ2n) is 0.592. The predicted octanol–water partition coefficient (Wildman–Crippen LogP) is 2.68. The molecular weight excluding hydrogens is 295 g/mol. The van der Waals surface area contributed by atoms with Gasteiger partial charge in [-0.2, -0.15) is 4.84 Å². The Morgan fingerprint density at radius 1 is 1.14 bits per heavy atom. The zero-order valence-electron chi connectivity index (χ0n) is 2.92. The van der Waals surface area contributed by atoms with E-state index in [0.717, 1.165) is 0 Å². The van der Waals surface area contributed by atoms with Crippen molar-refractivity contribution in [1.29, 1.82) is 0 Å². The van der Waals surface area contributed by atoms with Gasteiger partial charge in [0.25, 0.3) is 3.92 Å². The van der Waals surface area contributed by atoms with Crippen LogP contribution in [0.15, 0.2) is 0 Å². The molecule has 1 N–H and O–H groups in total. The molecule has 1 nitrogen and oxygen atoms in total. The SMILES string of the molecule is ClNC(Cl)(Cl)Cl.I. The minimum atomic E-state index is -1.53. The third-order valence-electron chi connectivity index (χ3n) is 0.107. The molecule has 0 rings (SSSR count). The number of alkyl halides is 3. The molecular formula is CH2Cl4IN. The fourth-order valence-electron chi connectivity index (χ4n) is 0. The van der Waals surface area contributed by atoms with Gasteiger partial charge in [-0.15, -0.1) is 24.0 Å². The summed E-state index contributed by atoms with van der Waals surface area (Å²) in [4.78, 5) is 1.87. The first kappa shape index (κ1) is 11.6. The van der Waals surface area contributed by atoms with E-state index < -0.39 is 3.92 Å². The molecule has 0 amide bonds. The van der Waals surface area contributed by atoms with Gasteiger partial charge >= 0.3 is 0 Å². The maximum Gasteiger partial charge on any atom is 0.258 e. The second kappa shape index (κ2) is 4.70. The second-order valence-corrected chi connectivity index (χ2v) is 3.06. The fourth-order valence-corrected chi connectivity index (χ4v) is 0. The van der Waals surface area contributed by atoms with Crippen molar-refractivity contribution in [3.63, 3.8) is 0 Å². The Bertz CT molecular complexity index is 41.4. The third-order valence-corrected chi connectivity index (χ3v) is 0.964. The van der Waals surface area contributed by atoms with Crippen molar-refractivity contribution < 1.29 is 0 Å². The van der Waals surface area contributed by atoms with Gasteiger partial charge in [0.1, 0.15) is 0 Å². The van der Waals surface area contributed by atoms with Crippen LogP contribution < -0.4 is 4.84 Å². The van der Waals surface area contributed by atoms with Crippen molar-refractivity contribution in [3.8, 4) is 0 Å². The number of halogens is 5. The third kappa shape index (κ3) is 11.4. The summed E-state index contributed by atoms with van der Waals surface area (Å²) >= 11 is 19.8. The first-order valence-electron chi connectivity index (χ1n) is 1.01. The summed E-state index contributed by atoms with van der Waals surface area (Å²) in [7, 11) is 0. The van der Waals surface area contributed by atoms with Gasteiger partial charge in [0.15, 0.2) is 0 Å². The molecule has 7 heavy (non-hydrogen) atoms. The lowest BCUT2D eigenvalue weighted by Gasteiger charge is -2.02. The van der Waals surface area contributed by atoms with E-state index in [4.69, 9.17) is 46.6 Å². The molecule has 0 spiro atoms. The van der Waals surface area contributed by atoms with E-state index in [1.807, 2.05) is 4.84 Å². The molecule has 0 atom stereocenters. The Labute approximate surface area is 78.8 Å². The standard InChI is InChI=1S/CHCl4N.HI/c2-1(3,4)6-5;/h6H;1H.